The number of rotatable bonds is 8. The zero-order chi connectivity index (χ0) is 14.8. The van der Waals surface area contributed by atoms with Crippen LogP contribution in [-0.4, -0.2) is 43.4 Å². The van der Waals surface area contributed by atoms with Crippen LogP contribution in [0.1, 0.15) is 5.56 Å². The molecule has 1 rings (SSSR count). The van der Waals surface area contributed by atoms with E-state index in [0.29, 0.717) is 13.0 Å². The zero-order valence-electron chi connectivity index (χ0n) is 10.9. The van der Waals surface area contributed by atoms with Crippen LogP contribution in [0.15, 0.2) is 24.3 Å². The maximum atomic E-state index is 12.9. The number of nitrogens with one attached hydrogen (secondary N) is 2. The normalized spacial score (nSPS) is 10.1. The van der Waals surface area contributed by atoms with Crippen LogP contribution in [-0.2, 0) is 16.0 Å². The van der Waals surface area contributed by atoms with Crippen LogP contribution in [0.4, 0.5) is 9.18 Å². The Morgan fingerprint density at radius 1 is 1.25 bits per heavy atom. The molecule has 7 heteroatoms. The molecule has 2 amide bonds. The highest BCUT2D eigenvalue weighted by Crippen LogP contribution is 2.03. The van der Waals surface area contributed by atoms with E-state index in [1.54, 1.807) is 12.1 Å². The first kappa shape index (κ1) is 15.9. The molecule has 0 fully saturated rings. The molecule has 0 atom stereocenters. The summed E-state index contributed by atoms with van der Waals surface area (Å²) < 4.78 is 17.6. The molecule has 3 N–H and O–H groups in total. The van der Waals surface area contributed by atoms with Crippen molar-refractivity contribution in [1.82, 2.24) is 10.6 Å². The molecule has 0 unspecified atom stereocenters. The van der Waals surface area contributed by atoms with E-state index >= 15 is 0 Å². The number of hydrogen-bond acceptors (Lipinski definition) is 3. The van der Waals surface area contributed by atoms with E-state index in [1.807, 2.05) is 0 Å². The predicted octanol–water partition coefficient (Wildman–Crippen LogP) is 0.769. The van der Waals surface area contributed by atoms with Crippen LogP contribution in [0.5, 0.6) is 0 Å². The van der Waals surface area contributed by atoms with Gasteiger partial charge < -0.3 is 20.5 Å². The average molecular weight is 284 g/mol. The van der Waals surface area contributed by atoms with E-state index in [9.17, 15) is 14.0 Å². The lowest BCUT2D eigenvalue weighted by Gasteiger charge is -2.07. The van der Waals surface area contributed by atoms with Crippen LogP contribution in [0, 0.1) is 5.82 Å². The Morgan fingerprint density at radius 3 is 2.70 bits per heavy atom. The molecule has 0 aliphatic heterocycles. The topological polar surface area (TPSA) is 87.7 Å². The number of urea groups is 1. The largest absolute Gasteiger partial charge is 0.480 e. The number of carboxylic acid groups (broad SMARTS) is 1. The molecule has 0 aliphatic carbocycles. The van der Waals surface area contributed by atoms with Crippen molar-refractivity contribution in [3.63, 3.8) is 0 Å². The number of halogens is 1. The van der Waals surface area contributed by atoms with E-state index in [4.69, 9.17) is 9.84 Å². The lowest BCUT2D eigenvalue weighted by Crippen LogP contribution is -2.38. The van der Waals surface area contributed by atoms with Gasteiger partial charge in [-0.3, -0.25) is 0 Å². The summed E-state index contributed by atoms with van der Waals surface area (Å²) in [5, 5.41) is 13.4. The van der Waals surface area contributed by atoms with Crippen molar-refractivity contribution in [3.05, 3.63) is 35.6 Å². The minimum atomic E-state index is -1.05. The molecule has 0 aromatic heterocycles. The molecule has 20 heavy (non-hydrogen) atoms. The lowest BCUT2D eigenvalue weighted by molar-refractivity contribution is -0.142. The molecule has 0 radical (unpaired) electrons. The third-order valence-electron chi connectivity index (χ3n) is 2.35. The summed E-state index contributed by atoms with van der Waals surface area (Å²) in [5.74, 6) is -1.35. The van der Waals surface area contributed by atoms with E-state index < -0.39 is 5.97 Å². The van der Waals surface area contributed by atoms with Gasteiger partial charge in [-0.2, -0.15) is 0 Å². The van der Waals surface area contributed by atoms with Crippen molar-refractivity contribution in [2.45, 2.75) is 6.42 Å². The molecule has 110 valence electrons. The Morgan fingerprint density at radius 2 is 2.00 bits per heavy atom. The standard InChI is InChI=1S/C13H17FN2O4/c14-11-3-1-2-10(8-11)4-5-15-13(19)16-6-7-20-9-12(17)18/h1-3,8H,4-7,9H2,(H,17,18)(H2,15,16,19). The summed E-state index contributed by atoms with van der Waals surface area (Å²) in [6.45, 7) is 0.344. The third-order valence-corrected chi connectivity index (χ3v) is 2.35. The molecule has 0 heterocycles. The van der Waals surface area contributed by atoms with Gasteiger partial charge in [-0.05, 0) is 24.1 Å². The summed E-state index contributed by atoms with van der Waals surface area (Å²) in [6, 6.07) is 5.80. The van der Waals surface area contributed by atoms with Gasteiger partial charge in [0.15, 0.2) is 0 Å². The molecule has 0 aliphatic rings. The molecular weight excluding hydrogens is 267 g/mol. The van der Waals surface area contributed by atoms with Gasteiger partial charge in [0, 0.05) is 13.1 Å². The van der Waals surface area contributed by atoms with Gasteiger partial charge in [0.1, 0.15) is 12.4 Å². The third kappa shape index (κ3) is 7.32. The van der Waals surface area contributed by atoms with Crippen LogP contribution in [0.3, 0.4) is 0 Å². The van der Waals surface area contributed by atoms with Gasteiger partial charge in [0.25, 0.3) is 0 Å². The quantitative estimate of drug-likeness (QED) is 0.615. The minimum absolute atomic E-state index is 0.129. The molecule has 6 nitrogen and oxygen atoms in total. The number of ether oxygens (including phenoxy) is 1. The Balaban J connectivity index is 2.07. The molecular formula is C13H17FN2O4. The number of carbonyl (C=O) groups is 2. The molecule has 0 saturated heterocycles. The number of carboxylic acids is 1. The summed E-state index contributed by atoms with van der Waals surface area (Å²) in [6.07, 6.45) is 0.528. The van der Waals surface area contributed by atoms with E-state index in [0.717, 1.165) is 5.56 Å². The summed E-state index contributed by atoms with van der Waals surface area (Å²) >= 11 is 0. The Labute approximate surface area is 115 Å². The van der Waals surface area contributed by atoms with Crippen LogP contribution < -0.4 is 10.6 Å². The van der Waals surface area contributed by atoms with Gasteiger partial charge >= 0.3 is 12.0 Å². The van der Waals surface area contributed by atoms with Gasteiger partial charge in [-0.25, -0.2) is 14.0 Å². The highest BCUT2D eigenvalue weighted by molar-refractivity contribution is 5.73. The second-order valence-electron chi connectivity index (χ2n) is 4.01. The van der Waals surface area contributed by atoms with E-state index in [2.05, 4.69) is 10.6 Å². The lowest BCUT2D eigenvalue weighted by atomic mass is 10.1. The Hall–Kier alpha value is -2.15. The first-order valence-corrected chi connectivity index (χ1v) is 6.13. The van der Waals surface area contributed by atoms with Crippen molar-refractivity contribution < 1.29 is 23.8 Å². The van der Waals surface area contributed by atoms with Gasteiger partial charge in [-0.15, -0.1) is 0 Å². The van der Waals surface area contributed by atoms with Gasteiger partial charge in [-0.1, -0.05) is 12.1 Å². The molecule has 1 aromatic rings. The SMILES string of the molecule is O=C(O)COCCNC(=O)NCCc1cccc(F)c1. The number of amides is 2. The fourth-order valence-electron chi connectivity index (χ4n) is 1.47. The molecule has 0 spiro atoms. The second kappa shape index (κ2) is 8.87. The highest BCUT2D eigenvalue weighted by Gasteiger charge is 2.01. The zero-order valence-corrected chi connectivity index (χ0v) is 10.9. The second-order valence-corrected chi connectivity index (χ2v) is 4.01. The maximum absolute atomic E-state index is 12.9. The summed E-state index contributed by atoms with van der Waals surface area (Å²) in [7, 11) is 0. The Bertz CT molecular complexity index is 454. The highest BCUT2D eigenvalue weighted by atomic mass is 19.1. The number of carbonyl (C=O) groups excluding carboxylic acids is 1. The van der Waals surface area contributed by atoms with Crippen molar-refractivity contribution in [3.8, 4) is 0 Å². The van der Waals surface area contributed by atoms with Crippen molar-refractivity contribution in [2.75, 3.05) is 26.3 Å². The number of aliphatic carboxylic acids is 1. The smallest absolute Gasteiger partial charge is 0.329 e. The van der Waals surface area contributed by atoms with Crippen molar-refractivity contribution in [1.29, 1.82) is 0 Å². The fourth-order valence-corrected chi connectivity index (χ4v) is 1.47. The maximum Gasteiger partial charge on any atom is 0.329 e. The predicted molar refractivity (Wildman–Crippen MR) is 70.0 cm³/mol. The van der Waals surface area contributed by atoms with Crippen LogP contribution >= 0.6 is 0 Å². The van der Waals surface area contributed by atoms with E-state index in [1.165, 1.54) is 12.1 Å². The minimum Gasteiger partial charge on any atom is -0.480 e. The number of benzene rings is 1. The van der Waals surface area contributed by atoms with E-state index in [-0.39, 0.29) is 31.6 Å². The molecule has 0 bridgehead atoms. The first-order chi connectivity index (χ1) is 9.58. The molecule has 0 saturated carbocycles. The van der Waals surface area contributed by atoms with Crippen LogP contribution in [0.2, 0.25) is 0 Å². The van der Waals surface area contributed by atoms with Gasteiger partial charge in [0.05, 0.1) is 6.61 Å². The monoisotopic (exact) mass is 284 g/mol. The number of hydrogen-bond donors (Lipinski definition) is 3. The van der Waals surface area contributed by atoms with Gasteiger partial charge in [0.2, 0.25) is 0 Å². The summed E-state index contributed by atoms with van der Waals surface area (Å²) in [5.41, 5.74) is 0.801. The fraction of sp³-hybridized carbons (Fsp3) is 0.385. The average Bonchev–Trinajstić information content (AvgIpc) is 2.38. The van der Waals surface area contributed by atoms with Crippen molar-refractivity contribution in [2.24, 2.45) is 0 Å². The first-order valence-electron chi connectivity index (χ1n) is 6.13. The Kier molecular flexibility index (Phi) is 7.05. The molecule has 1 aromatic carbocycles. The van der Waals surface area contributed by atoms with Crippen molar-refractivity contribution >= 4 is 12.0 Å². The van der Waals surface area contributed by atoms with Crippen LogP contribution in [0.25, 0.3) is 0 Å². The summed E-state index contributed by atoms with van der Waals surface area (Å²) in [4.78, 5) is 21.5.